The first-order chi connectivity index (χ1) is 11.6. The Bertz CT molecular complexity index is 643. The van der Waals surface area contributed by atoms with Crippen molar-refractivity contribution in [2.45, 2.75) is 44.3 Å². The van der Waals surface area contributed by atoms with Crippen LogP contribution in [-0.4, -0.2) is 42.1 Å². The zero-order valence-electron chi connectivity index (χ0n) is 14.2. The molecule has 0 bridgehead atoms. The molecule has 0 spiro atoms. The molecule has 5 heteroatoms. The summed E-state index contributed by atoms with van der Waals surface area (Å²) in [6, 6.07) is 10.7. The second kappa shape index (κ2) is 7.04. The molecule has 1 atom stereocenters. The number of carbonyl (C=O) groups excluding carboxylic acids is 1. The predicted molar refractivity (Wildman–Crippen MR) is 94.7 cm³/mol. The first-order valence-electron chi connectivity index (χ1n) is 8.60. The van der Waals surface area contributed by atoms with Gasteiger partial charge >= 0.3 is 0 Å². The Hall–Kier alpha value is -2.35. The lowest BCUT2D eigenvalue weighted by Gasteiger charge is -2.41. The summed E-state index contributed by atoms with van der Waals surface area (Å²) in [5.41, 5.74) is 0.861. The number of benzene rings is 1. The maximum absolute atomic E-state index is 12.5. The highest BCUT2D eigenvalue weighted by Crippen LogP contribution is 2.37. The second-order valence-corrected chi connectivity index (χ2v) is 6.60. The number of nitrogens with zero attached hydrogens (tertiary/aromatic N) is 4. The van der Waals surface area contributed by atoms with Crippen molar-refractivity contribution < 1.29 is 4.79 Å². The molecule has 1 saturated heterocycles. The summed E-state index contributed by atoms with van der Waals surface area (Å²) >= 11 is 0. The minimum Gasteiger partial charge on any atom is -0.365 e. The Morgan fingerprint density at radius 1 is 1.29 bits per heavy atom. The molecule has 126 valence electrons. The molecular weight excluding hydrogens is 300 g/mol. The topological polar surface area (TPSA) is 48.3 Å². The Kier molecular flexibility index (Phi) is 4.84. The molecule has 0 radical (unpaired) electrons. The Balaban J connectivity index is 1.49. The summed E-state index contributed by atoms with van der Waals surface area (Å²) in [6.45, 7) is 4.57. The molecule has 0 saturated carbocycles. The Labute approximate surface area is 143 Å². The fraction of sp³-hybridized carbons (Fsp3) is 0.526. The third kappa shape index (κ3) is 3.76. The highest BCUT2D eigenvalue weighted by atomic mass is 16.2. The van der Waals surface area contributed by atoms with Gasteiger partial charge < -0.3 is 9.80 Å². The van der Waals surface area contributed by atoms with Crippen LogP contribution in [0.5, 0.6) is 0 Å². The Morgan fingerprint density at radius 2 is 2.04 bits per heavy atom. The van der Waals surface area contributed by atoms with Crippen molar-refractivity contribution in [2.75, 3.05) is 24.5 Å². The van der Waals surface area contributed by atoms with Gasteiger partial charge in [0.2, 0.25) is 5.91 Å². The van der Waals surface area contributed by atoms with Crippen molar-refractivity contribution in [3.8, 4) is 12.3 Å². The van der Waals surface area contributed by atoms with E-state index >= 15 is 0 Å². The number of carbonyl (C=O) groups is 1. The summed E-state index contributed by atoms with van der Waals surface area (Å²) in [7, 11) is 0. The van der Waals surface area contributed by atoms with E-state index in [4.69, 9.17) is 6.42 Å². The molecule has 5 nitrogen and oxygen atoms in total. The van der Waals surface area contributed by atoms with Crippen LogP contribution in [0.2, 0.25) is 0 Å². The summed E-state index contributed by atoms with van der Waals surface area (Å²) in [4.78, 5) is 16.9. The molecule has 0 N–H and O–H groups in total. The van der Waals surface area contributed by atoms with Crippen LogP contribution in [-0.2, 0) is 4.79 Å². The summed E-state index contributed by atoms with van der Waals surface area (Å²) in [6.07, 6.45) is 7.90. The van der Waals surface area contributed by atoms with Crippen molar-refractivity contribution in [3.63, 3.8) is 0 Å². The maximum Gasteiger partial charge on any atom is 0.222 e. The van der Waals surface area contributed by atoms with Crippen LogP contribution in [0.25, 0.3) is 0 Å². The third-order valence-corrected chi connectivity index (χ3v) is 4.86. The van der Waals surface area contributed by atoms with Crippen LogP contribution in [0.4, 0.5) is 5.69 Å². The van der Waals surface area contributed by atoms with Crippen LogP contribution in [0.15, 0.2) is 40.6 Å². The van der Waals surface area contributed by atoms with Gasteiger partial charge in [-0.3, -0.25) is 4.79 Å². The quantitative estimate of drug-likeness (QED) is 0.755. The van der Waals surface area contributed by atoms with E-state index in [0.717, 1.165) is 26.1 Å². The number of amides is 1. The largest absolute Gasteiger partial charge is 0.365 e. The van der Waals surface area contributed by atoms with Gasteiger partial charge in [0, 0.05) is 57.0 Å². The average molecular weight is 324 g/mol. The highest BCUT2D eigenvalue weighted by Gasteiger charge is 2.40. The van der Waals surface area contributed by atoms with Crippen LogP contribution in [0, 0.1) is 12.3 Å². The monoisotopic (exact) mass is 324 g/mol. The molecule has 1 fully saturated rings. The van der Waals surface area contributed by atoms with Gasteiger partial charge in [0.1, 0.15) is 0 Å². The SMILES string of the molecule is C#CCCC1(CCC(=O)N2CCN(c3ccccc3)C(C)C2)N=N1. The van der Waals surface area contributed by atoms with E-state index in [2.05, 4.69) is 52.2 Å². The molecule has 2 heterocycles. The summed E-state index contributed by atoms with van der Waals surface area (Å²) < 4.78 is 0. The van der Waals surface area contributed by atoms with Gasteiger partial charge in [0.05, 0.1) is 0 Å². The third-order valence-electron chi connectivity index (χ3n) is 4.86. The van der Waals surface area contributed by atoms with Crippen molar-refractivity contribution in [1.29, 1.82) is 0 Å². The zero-order valence-corrected chi connectivity index (χ0v) is 14.2. The molecular formula is C19H24N4O. The lowest BCUT2D eigenvalue weighted by atomic mass is 10.0. The van der Waals surface area contributed by atoms with Crippen molar-refractivity contribution in [2.24, 2.45) is 10.2 Å². The molecule has 1 aromatic carbocycles. The number of anilines is 1. The summed E-state index contributed by atoms with van der Waals surface area (Å²) in [5.74, 6) is 2.82. The molecule has 1 aromatic rings. The fourth-order valence-electron chi connectivity index (χ4n) is 3.32. The second-order valence-electron chi connectivity index (χ2n) is 6.60. The lowest BCUT2D eigenvalue weighted by molar-refractivity contribution is -0.132. The van der Waals surface area contributed by atoms with E-state index in [0.29, 0.717) is 25.3 Å². The van der Waals surface area contributed by atoms with E-state index in [1.54, 1.807) is 0 Å². The van der Waals surface area contributed by atoms with Crippen molar-refractivity contribution in [3.05, 3.63) is 30.3 Å². The lowest BCUT2D eigenvalue weighted by Crippen LogP contribution is -2.53. The molecule has 2 aliphatic heterocycles. The molecule has 0 aliphatic carbocycles. The maximum atomic E-state index is 12.5. The van der Waals surface area contributed by atoms with Gasteiger partial charge in [0.15, 0.2) is 5.66 Å². The van der Waals surface area contributed by atoms with E-state index in [1.165, 1.54) is 5.69 Å². The van der Waals surface area contributed by atoms with Gasteiger partial charge in [-0.25, -0.2) is 0 Å². The molecule has 1 unspecified atom stereocenters. The van der Waals surface area contributed by atoms with E-state index in [9.17, 15) is 4.79 Å². The number of hydrogen-bond acceptors (Lipinski definition) is 4. The molecule has 0 aromatic heterocycles. The van der Waals surface area contributed by atoms with Crippen LogP contribution in [0.3, 0.4) is 0 Å². The molecule has 3 rings (SSSR count). The van der Waals surface area contributed by atoms with Crippen LogP contribution < -0.4 is 4.90 Å². The predicted octanol–water partition coefficient (Wildman–Crippen LogP) is 3.08. The normalized spacial score (nSPS) is 21.4. The van der Waals surface area contributed by atoms with Crippen molar-refractivity contribution >= 4 is 11.6 Å². The van der Waals surface area contributed by atoms with E-state index < -0.39 is 0 Å². The fourth-order valence-corrected chi connectivity index (χ4v) is 3.32. The molecule has 1 amide bonds. The van der Waals surface area contributed by atoms with Gasteiger partial charge in [-0.05, 0) is 19.1 Å². The van der Waals surface area contributed by atoms with Crippen LogP contribution >= 0.6 is 0 Å². The van der Waals surface area contributed by atoms with Gasteiger partial charge in [-0.2, -0.15) is 10.2 Å². The summed E-state index contributed by atoms with van der Waals surface area (Å²) in [5, 5.41) is 8.21. The van der Waals surface area contributed by atoms with Gasteiger partial charge in [-0.1, -0.05) is 18.2 Å². The van der Waals surface area contributed by atoms with Crippen molar-refractivity contribution in [1.82, 2.24) is 4.90 Å². The number of rotatable bonds is 6. The standard InChI is InChI=1S/C19H24N4O/c1-3-4-11-19(20-21-19)12-10-18(24)22-13-14-23(16(2)15-22)17-8-6-5-7-9-17/h1,5-9,16H,4,10-15H2,2H3. The number of terminal acetylenes is 1. The number of hydrogen-bond donors (Lipinski definition) is 0. The van der Waals surface area contributed by atoms with E-state index in [-0.39, 0.29) is 11.6 Å². The van der Waals surface area contributed by atoms with Gasteiger partial charge in [-0.15, -0.1) is 12.3 Å². The van der Waals surface area contributed by atoms with E-state index in [1.807, 2.05) is 11.0 Å². The van der Waals surface area contributed by atoms with Crippen LogP contribution in [0.1, 0.15) is 32.6 Å². The minimum atomic E-state index is -0.362. The Morgan fingerprint density at radius 3 is 2.67 bits per heavy atom. The number of para-hydroxylation sites is 1. The average Bonchev–Trinajstić information content (AvgIpc) is 3.39. The minimum absolute atomic E-state index is 0.201. The first kappa shape index (κ1) is 16.5. The molecule has 2 aliphatic rings. The first-order valence-corrected chi connectivity index (χ1v) is 8.60. The smallest absolute Gasteiger partial charge is 0.222 e. The highest BCUT2D eigenvalue weighted by molar-refractivity contribution is 5.76. The van der Waals surface area contributed by atoms with Gasteiger partial charge in [0.25, 0.3) is 0 Å². The molecule has 24 heavy (non-hydrogen) atoms. The number of piperazine rings is 1. The zero-order chi connectivity index (χ0) is 17.0.